The molecule has 2 fully saturated rings. The lowest BCUT2D eigenvalue weighted by Gasteiger charge is -2.48. The summed E-state index contributed by atoms with van der Waals surface area (Å²) < 4.78 is 5.60. The fraction of sp³-hybridized carbons (Fsp3) is 0.650. The molecule has 1 aromatic carbocycles. The first kappa shape index (κ1) is 15.0. The van der Waals surface area contributed by atoms with Crippen molar-refractivity contribution in [3.05, 3.63) is 23.3 Å². The van der Waals surface area contributed by atoms with Gasteiger partial charge in [0.15, 0.2) is 11.5 Å². The summed E-state index contributed by atoms with van der Waals surface area (Å²) in [7, 11) is 0. The van der Waals surface area contributed by atoms with Gasteiger partial charge in [0.2, 0.25) is 0 Å². The number of carbonyl (C=O) groups excluding carboxylic acids is 1. The quantitative estimate of drug-likeness (QED) is 0.889. The summed E-state index contributed by atoms with van der Waals surface area (Å²) in [6, 6.07) is 3.98. The molecule has 3 aliphatic carbocycles. The lowest BCUT2D eigenvalue weighted by atomic mass is 9.55. The van der Waals surface area contributed by atoms with Gasteiger partial charge in [-0.2, -0.15) is 0 Å². The van der Waals surface area contributed by atoms with Gasteiger partial charge in [-0.25, -0.2) is 0 Å². The zero-order valence-electron chi connectivity index (χ0n) is 14.1. The van der Waals surface area contributed by atoms with Crippen LogP contribution in [-0.4, -0.2) is 17.5 Å². The summed E-state index contributed by atoms with van der Waals surface area (Å²) in [5, 5.41) is 10.1. The third-order valence-corrected chi connectivity index (χ3v) is 6.81. The first-order valence-corrected chi connectivity index (χ1v) is 9.06. The number of phenols is 1. The maximum absolute atomic E-state index is 12.4. The van der Waals surface area contributed by atoms with Gasteiger partial charge in [-0.05, 0) is 80.0 Å². The van der Waals surface area contributed by atoms with Crippen LogP contribution in [0.25, 0.3) is 0 Å². The molecule has 0 saturated heterocycles. The van der Waals surface area contributed by atoms with E-state index in [9.17, 15) is 9.90 Å². The molecule has 0 spiro atoms. The zero-order valence-corrected chi connectivity index (χ0v) is 14.1. The van der Waals surface area contributed by atoms with Gasteiger partial charge in [0.05, 0.1) is 6.61 Å². The van der Waals surface area contributed by atoms with E-state index in [4.69, 9.17) is 4.74 Å². The Morgan fingerprint density at radius 1 is 1.26 bits per heavy atom. The number of phenolic OH excluding ortho intramolecular Hbond substituents is 1. The van der Waals surface area contributed by atoms with E-state index in [1.165, 1.54) is 11.1 Å². The van der Waals surface area contributed by atoms with E-state index in [2.05, 4.69) is 13.0 Å². The average Bonchev–Trinajstić information content (AvgIpc) is 2.84. The fourth-order valence-corrected chi connectivity index (χ4v) is 5.63. The molecular weight excluding hydrogens is 288 g/mol. The monoisotopic (exact) mass is 314 g/mol. The normalized spacial score (nSPS) is 35.4. The van der Waals surface area contributed by atoms with Gasteiger partial charge in [-0.1, -0.05) is 6.92 Å². The van der Waals surface area contributed by atoms with Crippen LogP contribution in [0.15, 0.2) is 12.1 Å². The number of carbonyl (C=O) groups is 1. The van der Waals surface area contributed by atoms with E-state index in [0.717, 1.165) is 38.5 Å². The van der Waals surface area contributed by atoms with Gasteiger partial charge in [0.25, 0.3) is 0 Å². The standard InChI is InChI=1S/C20H26O3/c1-3-23-18-11-15-12(10-17(18)21)4-5-14-13(15)8-9-20(2)16(14)6-7-19(20)22/h10-11,13-14,16,21H,3-9H2,1-2H3/t13-,14?,16-,20?/m0/s1. The van der Waals surface area contributed by atoms with Crippen LogP contribution in [0.2, 0.25) is 0 Å². The lowest BCUT2D eigenvalue weighted by molar-refractivity contribution is -0.129. The minimum atomic E-state index is -0.0711. The molecule has 3 nitrogen and oxygen atoms in total. The van der Waals surface area contributed by atoms with Gasteiger partial charge < -0.3 is 9.84 Å². The summed E-state index contributed by atoms with van der Waals surface area (Å²) in [5.74, 6) is 3.07. The number of fused-ring (bicyclic) bond motifs is 5. The van der Waals surface area contributed by atoms with Crippen molar-refractivity contribution < 1.29 is 14.6 Å². The highest BCUT2D eigenvalue weighted by Gasteiger charge is 2.54. The Morgan fingerprint density at radius 2 is 2.09 bits per heavy atom. The summed E-state index contributed by atoms with van der Waals surface area (Å²) in [6.07, 6.45) is 6.11. The van der Waals surface area contributed by atoms with Crippen LogP contribution in [0.5, 0.6) is 11.5 Å². The Labute approximate surface area is 138 Å². The molecule has 2 saturated carbocycles. The van der Waals surface area contributed by atoms with Gasteiger partial charge in [-0.3, -0.25) is 4.79 Å². The maximum atomic E-state index is 12.4. The van der Waals surface area contributed by atoms with Gasteiger partial charge in [0, 0.05) is 11.8 Å². The number of hydrogen-bond donors (Lipinski definition) is 1. The molecule has 23 heavy (non-hydrogen) atoms. The molecule has 3 heteroatoms. The van der Waals surface area contributed by atoms with Crippen LogP contribution in [-0.2, 0) is 11.2 Å². The molecule has 0 radical (unpaired) electrons. The summed E-state index contributed by atoms with van der Waals surface area (Å²) in [4.78, 5) is 12.4. The second-order valence-electron chi connectivity index (χ2n) is 7.79. The van der Waals surface area contributed by atoms with Crippen LogP contribution in [0.1, 0.15) is 63.0 Å². The molecule has 3 aliphatic rings. The summed E-state index contributed by atoms with van der Waals surface area (Å²) in [6.45, 7) is 4.72. The zero-order chi connectivity index (χ0) is 16.2. The smallest absolute Gasteiger partial charge is 0.161 e. The molecule has 0 heterocycles. The van der Waals surface area contributed by atoms with Crippen molar-refractivity contribution in [3.63, 3.8) is 0 Å². The number of benzene rings is 1. The van der Waals surface area contributed by atoms with E-state index in [0.29, 0.717) is 35.9 Å². The minimum Gasteiger partial charge on any atom is -0.504 e. The molecular formula is C20H26O3. The highest BCUT2D eigenvalue weighted by Crippen LogP contribution is 2.60. The first-order chi connectivity index (χ1) is 11.0. The Bertz CT molecular complexity index is 651. The molecule has 0 aliphatic heterocycles. The van der Waals surface area contributed by atoms with Crippen LogP contribution in [0, 0.1) is 17.3 Å². The average molecular weight is 314 g/mol. The summed E-state index contributed by atoms with van der Waals surface area (Å²) in [5.41, 5.74) is 2.57. The van der Waals surface area contributed by atoms with Crippen molar-refractivity contribution in [1.29, 1.82) is 0 Å². The summed E-state index contributed by atoms with van der Waals surface area (Å²) >= 11 is 0. The van der Waals surface area contributed by atoms with Crippen LogP contribution in [0.4, 0.5) is 0 Å². The van der Waals surface area contributed by atoms with E-state index >= 15 is 0 Å². The Hall–Kier alpha value is -1.51. The van der Waals surface area contributed by atoms with Gasteiger partial charge in [0.1, 0.15) is 5.78 Å². The molecule has 0 aromatic heterocycles. The van der Waals surface area contributed by atoms with E-state index < -0.39 is 0 Å². The second kappa shape index (κ2) is 5.25. The van der Waals surface area contributed by atoms with Crippen LogP contribution < -0.4 is 4.74 Å². The molecule has 0 amide bonds. The van der Waals surface area contributed by atoms with E-state index in [1.54, 1.807) is 0 Å². The topological polar surface area (TPSA) is 46.5 Å². The number of ketones is 1. The third-order valence-electron chi connectivity index (χ3n) is 6.81. The van der Waals surface area contributed by atoms with Crippen molar-refractivity contribution >= 4 is 5.78 Å². The van der Waals surface area contributed by atoms with Crippen LogP contribution in [0.3, 0.4) is 0 Å². The van der Waals surface area contributed by atoms with Gasteiger partial charge >= 0.3 is 0 Å². The number of aryl methyl sites for hydroxylation is 1. The predicted octanol–water partition coefficient (Wildman–Crippen LogP) is 4.22. The highest BCUT2D eigenvalue weighted by atomic mass is 16.5. The predicted molar refractivity (Wildman–Crippen MR) is 88.9 cm³/mol. The number of rotatable bonds is 2. The Balaban J connectivity index is 1.71. The lowest BCUT2D eigenvalue weighted by Crippen LogP contribution is -2.42. The molecule has 4 atom stereocenters. The van der Waals surface area contributed by atoms with Crippen molar-refractivity contribution in [2.45, 2.75) is 58.3 Å². The Kier molecular flexibility index (Phi) is 3.44. The molecule has 0 bridgehead atoms. The van der Waals surface area contributed by atoms with Crippen molar-refractivity contribution in [1.82, 2.24) is 0 Å². The third kappa shape index (κ3) is 2.12. The molecule has 1 aromatic rings. The van der Waals surface area contributed by atoms with Crippen molar-refractivity contribution in [2.24, 2.45) is 17.3 Å². The molecule has 124 valence electrons. The largest absolute Gasteiger partial charge is 0.504 e. The minimum absolute atomic E-state index is 0.0711. The van der Waals surface area contributed by atoms with Gasteiger partial charge in [-0.15, -0.1) is 0 Å². The molecule has 1 N–H and O–H groups in total. The number of hydrogen-bond acceptors (Lipinski definition) is 3. The number of Topliss-reactive ketones (excluding diaryl/α,β-unsaturated/α-hetero) is 1. The fourth-order valence-electron chi connectivity index (χ4n) is 5.63. The molecule has 2 unspecified atom stereocenters. The number of ether oxygens (including phenoxy) is 1. The number of aromatic hydroxyl groups is 1. The van der Waals surface area contributed by atoms with E-state index in [-0.39, 0.29) is 11.2 Å². The maximum Gasteiger partial charge on any atom is 0.161 e. The molecule has 4 rings (SSSR count). The Morgan fingerprint density at radius 3 is 2.87 bits per heavy atom. The highest BCUT2D eigenvalue weighted by molar-refractivity contribution is 5.87. The second-order valence-corrected chi connectivity index (χ2v) is 7.79. The SMILES string of the molecule is CCOc1cc2c(cc1O)CCC1[C@@H]2CCC2(C)C(=O)CC[C@@H]12. The first-order valence-electron chi connectivity index (χ1n) is 9.06. The van der Waals surface area contributed by atoms with Crippen molar-refractivity contribution in [3.8, 4) is 11.5 Å². The van der Waals surface area contributed by atoms with Crippen molar-refractivity contribution in [2.75, 3.05) is 6.61 Å². The van der Waals surface area contributed by atoms with Crippen LogP contribution >= 0.6 is 0 Å². The van der Waals surface area contributed by atoms with E-state index in [1.807, 2.05) is 13.0 Å².